The second-order valence-electron chi connectivity index (χ2n) is 4.82. The summed E-state index contributed by atoms with van der Waals surface area (Å²) >= 11 is 1.88. The molecule has 2 rings (SSSR count). The average Bonchev–Trinajstić information content (AvgIpc) is 2.95. The van der Waals surface area contributed by atoms with Gasteiger partial charge in [0.15, 0.2) is 0 Å². The number of alkyl halides is 3. The molecule has 132 valence electrons. The molecule has 0 unspecified atom stereocenters. The third-order valence-electron chi connectivity index (χ3n) is 3.05. The molecule has 0 saturated carbocycles. The molecule has 1 aliphatic rings. The number of aryl methyl sites for hydroxylation is 1. The van der Waals surface area contributed by atoms with E-state index in [1.807, 2.05) is 32.5 Å². The number of aliphatic hydroxyl groups excluding tert-OH is 1. The summed E-state index contributed by atoms with van der Waals surface area (Å²) < 4.78 is 36.2. The maximum Gasteiger partial charge on any atom is 0.417 e. The van der Waals surface area contributed by atoms with Gasteiger partial charge in [-0.1, -0.05) is 32.8 Å². The zero-order chi connectivity index (χ0) is 17.9. The molecule has 2 nitrogen and oxygen atoms in total. The van der Waals surface area contributed by atoms with Crippen molar-refractivity contribution in [3.05, 3.63) is 40.7 Å². The van der Waals surface area contributed by atoms with Crippen LogP contribution >= 0.6 is 11.8 Å². The lowest BCUT2D eigenvalue weighted by Crippen LogP contribution is -2.05. The Hall–Kier alpha value is -1.01. The second-order valence-corrected chi connectivity index (χ2v) is 5.81. The summed E-state index contributed by atoms with van der Waals surface area (Å²) in [5.74, 6) is 2.16. The number of halogens is 3. The Morgan fingerprint density at radius 3 is 2.17 bits per heavy atom. The van der Waals surface area contributed by atoms with Crippen molar-refractivity contribution in [1.29, 1.82) is 0 Å². The van der Waals surface area contributed by atoms with Gasteiger partial charge >= 0.3 is 6.18 Å². The van der Waals surface area contributed by atoms with E-state index in [-0.39, 0.29) is 6.61 Å². The van der Waals surface area contributed by atoms with Crippen LogP contribution in [0.2, 0.25) is 0 Å². The van der Waals surface area contributed by atoms with Gasteiger partial charge in [0, 0.05) is 23.4 Å². The van der Waals surface area contributed by atoms with Crippen molar-refractivity contribution >= 4 is 11.8 Å². The lowest BCUT2D eigenvalue weighted by Gasteiger charge is -2.05. The van der Waals surface area contributed by atoms with E-state index in [0.717, 1.165) is 36.6 Å². The lowest BCUT2D eigenvalue weighted by atomic mass is 10.2. The highest BCUT2D eigenvalue weighted by Gasteiger charge is 2.30. The summed E-state index contributed by atoms with van der Waals surface area (Å²) in [6.07, 6.45) is -1.79. The van der Waals surface area contributed by atoms with Crippen molar-refractivity contribution in [1.82, 2.24) is 4.98 Å². The molecule has 1 aromatic heterocycles. The Labute approximate surface area is 141 Å². The van der Waals surface area contributed by atoms with E-state index in [4.69, 9.17) is 5.11 Å². The molecule has 1 aromatic rings. The first kappa shape index (κ1) is 22.0. The first-order chi connectivity index (χ1) is 10.9. The van der Waals surface area contributed by atoms with Gasteiger partial charge in [-0.2, -0.15) is 24.9 Å². The van der Waals surface area contributed by atoms with E-state index in [1.54, 1.807) is 0 Å². The number of hydrogen-bond acceptors (Lipinski definition) is 3. The fourth-order valence-electron chi connectivity index (χ4n) is 1.73. The van der Waals surface area contributed by atoms with E-state index in [1.165, 1.54) is 17.2 Å². The van der Waals surface area contributed by atoms with Gasteiger partial charge in [-0.25, -0.2) is 0 Å². The van der Waals surface area contributed by atoms with Gasteiger partial charge in [0.2, 0.25) is 0 Å². The van der Waals surface area contributed by atoms with Crippen molar-refractivity contribution in [2.75, 3.05) is 18.1 Å². The molecule has 0 aliphatic carbocycles. The molecular formula is C17H26F3NOS. The largest absolute Gasteiger partial charge is 0.417 e. The highest BCUT2D eigenvalue weighted by molar-refractivity contribution is 7.99. The zero-order valence-electron chi connectivity index (χ0n) is 14.2. The Morgan fingerprint density at radius 2 is 1.87 bits per heavy atom. The van der Waals surface area contributed by atoms with E-state index in [0.29, 0.717) is 5.69 Å². The Morgan fingerprint density at radius 1 is 1.22 bits per heavy atom. The predicted molar refractivity (Wildman–Crippen MR) is 91.7 cm³/mol. The van der Waals surface area contributed by atoms with Crippen molar-refractivity contribution in [2.24, 2.45) is 0 Å². The van der Waals surface area contributed by atoms with Crippen molar-refractivity contribution in [2.45, 2.75) is 46.7 Å². The quantitative estimate of drug-likeness (QED) is 0.769. The minimum absolute atomic E-state index is 0.263. The summed E-state index contributed by atoms with van der Waals surface area (Å²) in [6.45, 7) is 8.31. The van der Waals surface area contributed by atoms with Crippen LogP contribution in [-0.4, -0.2) is 28.2 Å². The molecule has 2 heterocycles. The van der Waals surface area contributed by atoms with E-state index in [2.05, 4.69) is 11.9 Å². The fourth-order valence-corrected chi connectivity index (χ4v) is 2.93. The molecule has 1 N–H and O–H groups in total. The summed E-state index contributed by atoms with van der Waals surface area (Å²) in [7, 11) is 0. The van der Waals surface area contributed by atoms with Gasteiger partial charge in [0.1, 0.15) is 0 Å². The molecule has 0 saturated heterocycles. The van der Waals surface area contributed by atoms with E-state index in [9.17, 15) is 13.2 Å². The highest BCUT2D eigenvalue weighted by atomic mass is 32.2. The number of pyridine rings is 1. The maximum absolute atomic E-state index is 12.1. The fraction of sp³-hybridized carbons (Fsp3) is 0.588. The van der Waals surface area contributed by atoms with Crippen LogP contribution in [0.1, 0.15) is 45.4 Å². The van der Waals surface area contributed by atoms with Crippen LogP contribution in [0.25, 0.3) is 0 Å². The summed E-state index contributed by atoms with van der Waals surface area (Å²) in [5.41, 5.74) is 2.62. The molecule has 6 heteroatoms. The number of aromatic nitrogens is 1. The number of thioether (sulfide) groups is 1. The van der Waals surface area contributed by atoms with Crippen molar-refractivity contribution in [3.8, 4) is 0 Å². The van der Waals surface area contributed by atoms with Gasteiger partial charge in [-0.05, 0) is 31.1 Å². The molecule has 0 bridgehead atoms. The van der Waals surface area contributed by atoms with Crippen LogP contribution in [0, 0.1) is 0 Å². The average molecular weight is 349 g/mol. The third-order valence-corrected chi connectivity index (χ3v) is 4.24. The molecule has 1 aliphatic heterocycles. The van der Waals surface area contributed by atoms with Crippen LogP contribution in [-0.2, 0) is 12.6 Å². The smallest absolute Gasteiger partial charge is 0.392 e. The summed E-state index contributed by atoms with van der Waals surface area (Å²) in [5, 5.41) is 8.67. The van der Waals surface area contributed by atoms with Crippen LogP contribution in [0.5, 0.6) is 0 Å². The topological polar surface area (TPSA) is 33.1 Å². The van der Waals surface area contributed by atoms with Gasteiger partial charge < -0.3 is 5.11 Å². The standard InChI is InChI=1S/C9H10F3N.C6H10OS.C2H6/c1-2-3-8-5-4-7(6-13-8)9(10,11)12;1-5-3-8-4-6(5)2-7;1-2/h4-6H,2-3H2,1H3;7H,2-4H2,1H3;1-2H3. The predicted octanol–water partition coefficient (Wildman–Crippen LogP) is 5.12. The van der Waals surface area contributed by atoms with Crippen LogP contribution in [0.4, 0.5) is 13.2 Å². The monoisotopic (exact) mass is 349 g/mol. The van der Waals surface area contributed by atoms with Gasteiger partial charge in [0.05, 0.1) is 12.2 Å². The van der Waals surface area contributed by atoms with Crippen LogP contribution in [0.15, 0.2) is 29.5 Å². The number of aliphatic hydroxyl groups is 1. The Kier molecular flexibility index (Phi) is 11.0. The van der Waals surface area contributed by atoms with Crippen molar-refractivity contribution in [3.63, 3.8) is 0 Å². The second kappa shape index (κ2) is 11.5. The van der Waals surface area contributed by atoms with Crippen LogP contribution < -0.4 is 0 Å². The molecule has 0 radical (unpaired) electrons. The lowest BCUT2D eigenvalue weighted by molar-refractivity contribution is -0.137. The number of rotatable bonds is 3. The summed E-state index contributed by atoms with van der Waals surface area (Å²) in [4.78, 5) is 3.71. The molecule has 0 atom stereocenters. The molecule has 0 spiro atoms. The minimum atomic E-state index is -4.28. The van der Waals surface area contributed by atoms with Gasteiger partial charge in [0.25, 0.3) is 0 Å². The van der Waals surface area contributed by atoms with E-state index >= 15 is 0 Å². The SMILES string of the molecule is CC.CC1=C(CO)CSC1.CCCc1ccc(C(F)(F)F)cn1. The van der Waals surface area contributed by atoms with E-state index < -0.39 is 11.7 Å². The first-order valence-corrected chi connectivity index (χ1v) is 8.92. The molecule has 0 amide bonds. The van der Waals surface area contributed by atoms with Crippen molar-refractivity contribution < 1.29 is 18.3 Å². The maximum atomic E-state index is 12.1. The molecule has 0 aromatic carbocycles. The molecule has 23 heavy (non-hydrogen) atoms. The highest BCUT2D eigenvalue weighted by Crippen LogP contribution is 2.28. The minimum Gasteiger partial charge on any atom is -0.392 e. The first-order valence-electron chi connectivity index (χ1n) is 7.76. The molecule has 0 fully saturated rings. The zero-order valence-corrected chi connectivity index (χ0v) is 15.0. The normalized spacial score (nSPS) is 13.9. The number of nitrogens with zero attached hydrogens (tertiary/aromatic N) is 1. The molecular weight excluding hydrogens is 323 g/mol. The Balaban J connectivity index is 0.000000414. The van der Waals surface area contributed by atoms with Gasteiger partial charge in [-0.3, -0.25) is 4.98 Å². The Bertz CT molecular complexity index is 470. The van der Waals surface area contributed by atoms with Gasteiger partial charge in [-0.15, -0.1) is 0 Å². The number of hydrogen-bond donors (Lipinski definition) is 1. The third kappa shape index (κ3) is 8.42. The van der Waals surface area contributed by atoms with Crippen LogP contribution in [0.3, 0.4) is 0 Å². The summed E-state index contributed by atoms with van der Waals surface area (Å²) in [6, 6.07) is 2.49.